The SMILES string of the molecule is CC(O)(CN)CCCCOCC1CCCO1. The Kier molecular flexibility index (Phi) is 6.28. The minimum Gasteiger partial charge on any atom is -0.389 e. The second-order valence-electron chi connectivity index (χ2n) is 4.87. The molecular weight excluding hydrogens is 206 g/mol. The summed E-state index contributed by atoms with van der Waals surface area (Å²) in [6.45, 7) is 4.45. The van der Waals surface area contributed by atoms with Gasteiger partial charge in [-0.2, -0.15) is 0 Å². The minimum atomic E-state index is -0.714. The van der Waals surface area contributed by atoms with E-state index in [-0.39, 0.29) is 0 Å². The lowest BCUT2D eigenvalue weighted by Crippen LogP contribution is -2.33. The van der Waals surface area contributed by atoms with Gasteiger partial charge in [-0.25, -0.2) is 0 Å². The molecule has 4 nitrogen and oxygen atoms in total. The highest BCUT2D eigenvalue weighted by Gasteiger charge is 2.17. The zero-order valence-electron chi connectivity index (χ0n) is 10.3. The normalized spacial score (nSPS) is 24.6. The first-order valence-electron chi connectivity index (χ1n) is 6.26. The second kappa shape index (κ2) is 7.22. The monoisotopic (exact) mass is 231 g/mol. The van der Waals surface area contributed by atoms with Gasteiger partial charge in [0.15, 0.2) is 0 Å². The van der Waals surface area contributed by atoms with E-state index in [0.717, 1.165) is 45.3 Å². The summed E-state index contributed by atoms with van der Waals surface area (Å²) in [7, 11) is 0. The van der Waals surface area contributed by atoms with E-state index in [1.807, 2.05) is 0 Å². The van der Waals surface area contributed by atoms with E-state index < -0.39 is 5.60 Å². The lowest BCUT2D eigenvalue weighted by atomic mass is 10.00. The van der Waals surface area contributed by atoms with Crippen LogP contribution in [0.3, 0.4) is 0 Å². The molecule has 16 heavy (non-hydrogen) atoms. The van der Waals surface area contributed by atoms with Gasteiger partial charge in [-0.05, 0) is 39.0 Å². The molecule has 1 aliphatic heterocycles. The van der Waals surface area contributed by atoms with Gasteiger partial charge in [-0.15, -0.1) is 0 Å². The van der Waals surface area contributed by atoms with Crippen LogP contribution in [0.25, 0.3) is 0 Å². The molecule has 2 atom stereocenters. The summed E-state index contributed by atoms with van der Waals surface area (Å²) in [5.74, 6) is 0. The highest BCUT2D eigenvalue weighted by atomic mass is 16.5. The van der Waals surface area contributed by atoms with Crippen molar-refractivity contribution in [3.63, 3.8) is 0 Å². The molecule has 0 amide bonds. The van der Waals surface area contributed by atoms with Crippen LogP contribution in [0, 0.1) is 0 Å². The van der Waals surface area contributed by atoms with Gasteiger partial charge in [0.2, 0.25) is 0 Å². The molecule has 96 valence electrons. The van der Waals surface area contributed by atoms with Crippen LogP contribution in [-0.4, -0.2) is 43.2 Å². The summed E-state index contributed by atoms with van der Waals surface area (Å²) in [5.41, 5.74) is 4.72. The zero-order chi connectivity index (χ0) is 11.9. The molecular formula is C12H25NO3. The Balaban J connectivity index is 1.88. The van der Waals surface area contributed by atoms with Crippen molar-refractivity contribution in [1.29, 1.82) is 0 Å². The number of ether oxygens (including phenoxy) is 2. The number of hydrogen-bond acceptors (Lipinski definition) is 4. The van der Waals surface area contributed by atoms with Gasteiger partial charge in [-0.3, -0.25) is 0 Å². The maximum absolute atomic E-state index is 9.67. The van der Waals surface area contributed by atoms with Crippen LogP contribution in [0.2, 0.25) is 0 Å². The third kappa shape index (κ3) is 5.80. The van der Waals surface area contributed by atoms with E-state index in [0.29, 0.717) is 19.3 Å². The number of aliphatic hydroxyl groups is 1. The standard InChI is InChI=1S/C12H25NO3/c1-12(14,10-13)6-2-3-7-15-9-11-5-4-8-16-11/h11,14H,2-10,13H2,1H3. The first-order chi connectivity index (χ1) is 7.64. The van der Waals surface area contributed by atoms with Crippen LogP contribution in [0.5, 0.6) is 0 Å². The van der Waals surface area contributed by atoms with Crippen molar-refractivity contribution in [1.82, 2.24) is 0 Å². The zero-order valence-corrected chi connectivity index (χ0v) is 10.3. The number of rotatable bonds is 8. The number of nitrogens with two attached hydrogens (primary N) is 1. The molecule has 1 rings (SSSR count). The summed E-state index contributed by atoms with van der Waals surface area (Å²) in [6, 6.07) is 0. The summed E-state index contributed by atoms with van der Waals surface area (Å²) >= 11 is 0. The molecule has 1 heterocycles. The average Bonchev–Trinajstić information content (AvgIpc) is 2.76. The van der Waals surface area contributed by atoms with Crippen molar-refractivity contribution >= 4 is 0 Å². The lowest BCUT2D eigenvalue weighted by molar-refractivity contribution is 0.0128. The molecule has 0 aliphatic carbocycles. The number of unbranched alkanes of at least 4 members (excludes halogenated alkanes) is 1. The first-order valence-corrected chi connectivity index (χ1v) is 6.26. The predicted octanol–water partition coefficient (Wildman–Crippen LogP) is 1.06. The van der Waals surface area contributed by atoms with Crippen LogP contribution in [0.4, 0.5) is 0 Å². The highest BCUT2D eigenvalue weighted by Crippen LogP contribution is 2.13. The van der Waals surface area contributed by atoms with E-state index in [9.17, 15) is 5.11 Å². The molecule has 0 aromatic rings. The minimum absolute atomic E-state index is 0.312. The maximum atomic E-state index is 9.67. The molecule has 1 saturated heterocycles. The van der Waals surface area contributed by atoms with Gasteiger partial charge in [0.1, 0.15) is 0 Å². The predicted molar refractivity (Wildman–Crippen MR) is 63.3 cm³/mol. The summed E-state index contributed by atoms with van der Waals surface area (Å²) in [6.07, 6.45) is 5.27. The van der Waals surface area contributed by atoms with Crippen LogP contribution in [-0.2, 0) is 9.47 Å². The lowest BCUT2D eigenvalue weighted by Gasteiger charge is -2.20. The van der Waals surface area contributed by atoms with Crippen LogP contribution in [0.15, 0.2) is 0 Å². The van der Waals surface area contributed by atoms with Gasteiger partial charge < -0.3 is 20.3 Å². The summed E-state index contributed by atoms with van der Waals surface area (Å²) in [5, 5.41) is 9.67. The Bertz CT molecular complexity index is 179. The maximum Gasteiger partial charge on any atom is 0.0809 e. The molecule has 0 aromatic carbocycles. The van der Waals surface area contributed by atoms with E-state index in [1.54, 1.807) is 6.92 Å². The fourth-order valence-electron chi connectivity index (χ4n) is 1.80. The second-order valence-corrected chi connectivity index (χ2v) is 4.87. The molecule has 0 bridgehead atoms. The first kappa shape index (κ1) is 13.9. The molecule has 4 heteroatoms. The quantitative estimate of drug-likeness (QED) is 0.613. The third-order valence-electron chi connectivity index (χ3n) is 3.02. The van der Waals surface area contributed by atoms with Crippen molar-refractivity contribution in [3.05, 3.63) is 0 Å². The van der Waals surface area contributed by atoms with E-state index >= 15 is 0 Å². The molecule has 1 aliphatic rings. The average molecular weight is 231 g/mol. The Morgan fingerprint density at radius 2 is 2.31 bits per heavy atom. The van der Waals surface area contributed by atoms with E-state index in [4.69, 9.17) is 15.2 Å². The Hall–Kier alpha value is -0.160. The highest BCUT2D eigenvalue weighted by molar-refractivity contribution is 4.72. The van der Waals surface area contributed by atoms with Gasteiger partial charge in [-0.1, -0.05) is 0 Å². The largest absolute Gasteiger partial charge is 0.389 e. The smallest absolute Gasteiger partial charge is 0.0809 e. The third-order valence-corrected chi connectivity index (χ3v) is 3.02. The van der Waals surface area contributed by atoms with Gasteiger partial charge in [0, 0.05) is 19.8 Å². The van der Waals surface area contributed by atoms with E-state index in [1.165, 1.54) is 0 Å². The van der Waals surface area contributed by atoms with Crippen molar-refractivity contribution in [2.24, 2.45) is 5.73 Å². The Labute approximate surface area is 98.1 Å². The number of hydrogen-bond donors (Lipinski definition) is 2. The Morgan fingerprint density at radius 3 is 2.94 bits per heavy atom. The van der Waals surface area contributed by atoms with Crippen molar-refractivity contribution in [2.75, 3.05) is 26.4 Å². The fourth-order valence-corrected chi connectivity index (χ4v) is 1.80. The molecule has 3 N–H and O–H groups in total. The van der Waals surface area contributed by atoms with Crippen molar-refractivity contribution in [3.8, 4) is 0 Å². The topological polar surface area (TPSA) is 64.7 Å². The summed E-state index contributed by atoms with van der Waals surface area (Å²) < 4.78 is 11.0. The van der Waals surface area contributed by atoms with Gasteiger partial charge in [0.25, 0.3) is 0 Å². The molecule has 0 saturated carbocycles. The Morgan fingerprint density at radius 1 is 1.50 bits per heavy atom. The van der Waals surface area contributed by atoms with E-state index in [2.05, 4.69) is 0 Å². The van der Waals surface area contributed by atoms with Crippen LogP contribution in [0.1, 0.15) is 39.0 Å². The molecule has 2 unspecified atom stereocenters. The molecule has 1 fully saturated rings. The summed E-state index contributed by atoms with van der Waals surface area (Å²) in [4.78, 5) is 0. The molecule has 0 aromatic heterocycles. The molecule has 0 spiro atoms. The molecule has 0 radical (unpaired) electrons. The van der Waals surface area contributed by atoms with Crippen LogP contribution < -0.4 is 5.73 Å². The fraction of sp³-hybridized carbons (Fsp3) is 1.00. The van der Waals surface area contributed by atoms with Crippen LogP contribution >= 0.6 is 0 Å². The van der Waals surface area contributed by atoms with Gasteiger partial charge in [0.05, 0.1) is 18.3 Å². The van der Waals surface area contributed by atoms with Crippen molar-refractivity contribution < 1.29 is 14.6 Å². The van der Waals surface area contributed by atoms with Gasteiger partial charge >= 0.3 is 0 Å². The van der Waals surface area contributed by atoms with Crippen molar-refractivity contribution in [2.45, 2.75) is 50.7 Å².